The molecule has 0 aliphatic carbocycles. The van der Waals surface area contributed by atoms with Crippen LogP contribution in [-0.2, 0) is 4.79 Å². The monoisotopic (exact) mass is 212 g/mol. The molecule has 0 unspecified atom stereocenters. The zero-order valence-electron chi connectivity index (χ0n) is 3.60. The highest BCUT2D eigenvalue weighted by Gasteiger charge is 1.79. The summed E-state index contributed by atoms with van der Waals surface area (Å²) in [6.07, 6.45) is 2.72. The predicted molar refractivity (Wildman–Crippen MR) is 35.7 cm³/mol. The van der Waals surface area contributed by atoms with Crippen LogP contribution in [-0.4, -0.2) is 15.5 Å². The Kier molecular flexibility index (Phi) is 4.07. The topological polar surface area (TPSA) is 37.3 Å². The lowest BCUT2D eigenvalue weighted by Crippen LogP contribution is -1.84. The molecule has 7 heavy (non-hydrogen) atoms. The van der Waals surface area contributed by atoms with E-state index in [-0.39, 0.29) is 0 Å². The molecule has 0 spiro atoms. The largest absolute Gasteiger partial charge is 0.478 e. The summed E-state index contributed by atoms with van der Waals surface area (Å²) < 4.78 is 0.754. The van der Waals surface area contributed by atoms with Crippen LogP contribution in [0, 0.1) is 0 Å². The van der Waals surface area contributed by atoms with Crippen molar-refractivity contribution in [2.75, 3.05) is 4.43 Å². The van der Waals surface area contributed by atoms with Gasteiger partial charge in [-0.05, 0) is 0 Å². The molecular formula is C4H5IO2. The number of halogens is 1. The van der Waals surface area contributed by atoms with Gasteiger partial charge in [-0.15, -0.1) is 0 Å². The van der Waals surface area contributed by atoms with E-state index in [4.69, 9.17) is 5.11 Å². The van der Waals surface area contributed by atoms with E-state index >= 15 is 0 Å². The van der Waals surface area contributed by atoms with E-state index in [0.29, 0.717) is 0 Å². The minimum Gasteiger partial charge on any atom is -0.478 e. The van der Waals surface area contributed by atoms with Crippen molar-refractivity contribution in [3.63, 3.8) is 0 Å². The van der Waals surface area contributed by atoms with E-state index in [0.717, 1.165) is 10.5 Å². The van der Waals surface area contributed by atoms with Crippen molar-refractivity contribution < 1.29 is 9.90 Å². The number of carboxylic acid groups (broad SMARTS) is 1. The molecule has 0 rings (SSSR count). The Balaban J connectivity index is 3.26. The average Bonchev–Trinajstić information content (AvgIpc) is 1.61. The van der Waals surface area contributed by atoms with Gasteiger partial charge in [0.15, 0.2) is 0 Å². The lowest BCUT2D eigenvalue weighted by Gasteiger charge is -1.72. The van der Waals surface area contributed by atoms with Crippen molar-refractivity contribution in [1.29, 1.82) is 0 Å². The Morgan fingerprint density at radius 1 is 1.86 bits per heavy atom. The molecular weight excluding hydrogens is 207 g/mol. The van der Waals surface area contributed by atoms with Crippen LogP contribution in [0.25, 0.3) is 0 Å². The minimum absolute atomic E-state index is 0.754. The molecule has 0 fully saturated rings. The molecule has 0 aliphatic heterocycles. The first-order valence-corrected chi connectivity index (χ1v) is 3.25. The first-order valence-electron chi connectivity index (χ1n) is 1.73. The first kappa shape index (κ1) is 6.94. The molecule has 0 saturated carbocycles. The van der Waals surface area contributed by atoms with Gasteiger partial charge < -0.3 is 5.11 Å². The van der Waals surface area contributed by atoms with Gasteiger partial charge in [-0.1, -0.05) is 28.7 Å². The summed E-state index contributed by atoms with van der Waals surface area (Å²) in [7, 11) is 0. The number of allylic oxidation sites excluding steroid dienone is 1. The second kappa shape index (κ2) is 4.11. The molecule has 2 nitrogen and oxygen atoms in total. The Hall–Kier alpha value is -0.0600. The molecule has 0 aromatic carbocycles. The average molecular weight is 212 g/mol. The summed E-state index contributed by atoms with van der Waals surface area (Å²) in [5, 5.41) is 7.95. The van der Waals surface area contributed by atoms with Gasteiger partial charge in [0.1, 0.15) is 0 Å². The van der Waals surface area contributed by atoms with E-state index in [1.807, 2.05) is 0 Å². The molecule has 0 saturated heterocycles. The second-order valence-corrected chi connectivity index (χ2v) is 1.78. The zero-order chi connectivity index (χ0) is 5.70. The molecule has 0 heterocycles. The Morgan fingerprint density at radius 3 is 2.57 bits per heavy atom. The maximum atomic E-state index is 9.67. The van der Waals surface area contributed by atoms with Gasteiger partial charge in [0.2, 0.25) is 0 Å². The van der Waals surface area contributed by atoms with Crippen molar-refractivity contribution in [1.82, 2.24) is 0 Å². The van der Waals surface area contributed by atoms with Crippen molar-refractivity contribution in [2.45, 2.75) is 0 Å². The quantitative estimate of drug-likeness (QED) is 0.422. The van der Waals surface area contributed by atoms with Gasteiger partial charge in [-0.2, -0.15) is 0 Å². The van der Waals surface area contributed by atoms with E-state index in [1.54, 1.807) is 6.08 Å². The van der Waals surface area contributed by atoms with Gasteiger partial charge in [-0.25, -0.2) is 4.79 Å². The van der Waals surface area contributed by atoms with Crippen LogP contribution < -0.4 is 0 Å². The van der Waals surface area contributed by atoms with Gasteiger partial charge >= 0.3 is 5.97 Å². The number of aliphatic carboxylic acids is 1. The molecule has 0 aliphatic rings. The molecule has 0 amide bonds. The third kappa shape index (κ3) is 5.94. The summed E-state index contributed by atoms with van der Waals surface area (Å²) in [6.45, 7) is 0. The number of hydrogen-bond acceptors (Lipinski definition) is 1. The molecule has 0 atom stereocenters. The number of carboxylic acids is 1. The van der Waals surface area contributed by atoms with Crippen LogP contribution in [0.2, 0.25) is 0 Å². The maximum absolute atomic E-state index is 9.67. The summed E-state index contributed by atoms with van der Waals surface area (Å²) >= 11 is 2.07. The van der Waals surface area contributed by atoms with Crippen molar-refractivity contribution >= 4 is 28.6 Å². The van der Waals surface area contributed by atoms with Gasteiger partial charge in [-0.3, -0.25) is 0 Å². The molecule has 0 bridgehead atoms. The highest BCUT2D eigenvalue weighted by Crippen LogP contribution is 1.80. The first-order chi connectivity index (χ1) is 3.27. The van der Waals surface area contributed by atoms with Gasteiger partial charge in [0.05, 0.1) is 0 Å². The normalized spacial score (nSPS) is 9.86. The lowest BCUT2D eigenvalue weighted by atomic mass is 10.5. The fraction of sp³-hybridized carbons (Fsp3) is 0.250. The Bertz CT molecular complexity index is 87.7. The van der Waals surface area contributed by atoms with Crippen molar-refractivity contribution in [3.05, 3.63) is 12.2 Å². The Morgan fingerprint density at radius 2 is 2.43 bits per heavy atom. The summed E-state index contributed by atoms with van der Waals surface area (Å²) in [5.74, 6) is -0.878. The van der Waals surface area contributed by atoms with Crippen LogP contribution in [0.3, 0.4) is 0 Å². The second-order valence-electron chi connectivity index (χ2n) is 0.895. The summed E-state index contributed by atoms with van der Waals surface area (Å²) in [6, 6.07) is 0. The highest BCUT2D eigenvalue weighted by atomic mass is 127. The minimum atomic E-state index is -0.878. The van der Waals surface area contributed by atoms with Crippen molar-refractivity contribution in [3.8, 4) is 0 Å². The lowest BCUT2D eigenvalue weighted by molar-refractivity contribution is -0.131. The van der Waals surface area contributed by atoms with Gasteiger partial charge in [0, 0.05) is 10.5 Å². The zero-order valence-corrected chi connectivity index (χ0v) is 5.75. The van der Waals surface area contributed by atoms with Crippen LogP contribution >= 0.6 is 22.6 Å². The maximum Gasteiger partial charge on any atom is 0.328 e. The standard InChI is InChI=1S/C4H5IO2/c5-3-1-2-4(6)7/h1-2H,3H2,(H,6,7). The number of hydrogen-bond donors (Lipinski definition) is 1. The third-order valence-corrected chi connectivity index (χ3v) is 0.858. The smallest absolute Gasteiger partial charge is 0.328 e. The number of carbonyl (C=O) groups is 1. The fourth-order valence-electron chi connectivity index (χ4n) is 0.145. The number of alkyl halides is 1. The van der Waals surface area contributed by atoms with Crippen LogP contribution in [0.5, 0.6) is 0 Å². The van der Waals surface area contributed by atoms with Crippen LogP contribution in [0.15, 0.2) is 12.2 Å². The molecule has 40 valence electrons. The van der Waals surface area contributed by atoms with E-state index in [2.05, 4.69) is 22.6 Å². The molecule has 3 heteroatoms. The van der Waals surface area contributed by atoms with Gasteiger partial charge in [0.25, 0.3) is 0 Å². The summed E-state index contributed by atoms with van der Waals surface area (Å²) in [5.41, 5.74) is 0. The van der Waals surface area contributed by atoms with Crippen molar-refractivity contribution in [2.24, 2.45) is 0 Å². The highest BCUT2D eigenvalue weighted by molar-refractivity contribution is 14.1. The molecule has 0 aromatic heterocycles. The molecule has 0 radical (unpaired) electrons. The predicted octanol–water partition coefficient (Wildman–Crippen LogP) is 1.06. The van der Waals surface area contributed by atoms with E-state index < -0.39 is 5.97 Å². The molecule has 1 N–H and O–H groups in total. The SMILES string of the molecule is O=C(O)C=CCI. The van der Waals surface area contributed by atoms with E-state index in [9.17, 15) is 4.79 Å². The fourth-order valence-corrected chi connectivity index (χ4v) is 0.400. The van der Waals surface area contributed by atoms with Crippen LogP contribution in [0.1, 0.15) is 0 Å². The van der Waals surface area contributed by atoms with E-state index in [1.165, 1.54) is 0 Å². The third-order valence-electron chi connectivity index (χ3n) is 0.350. The Labute approximate surface area is 55.4 Å². The molecule has 0 aromatic rings. The summed E-state index contributed by atoms with van der Waals surface area (Å²) in [4.78, 5) is 9.67. The van der Waals surface area contributed by atoms with Crippen LogP contribution in [0.4, 0.5) is 0 Å². The number of rotatable bonds is 2.